The van der Waals surface area contributed by atoms with Crippen LogP contribution in [0.25, 0.3) is 11.0 Å². The number of rotatable bonds is 6. The monoisotopic (exact) mass is 354 g/mol. The summed E-state index contributed by atoms with van der Waals surface area (Å²) < 4.78 is 19.2. The molecule has 0 atom stereocenters. The van der Waals surface area contributed by atoms with Crippen molar-refractivity contribution >= 4 is 22.6 Å². The van der Waals surface area contributed by atoms with Crippen molar-refractivity contribution < 1.29 is 13.6 Å². The van der Waals surface area contributed by atoms with Crippen molar-refractivity contribution in [1.29, 1.82) is 0 Å². The van der Waals surface area contributed by atoms with E-state index in [2.05, 4.69) is 34.5 Å². The van der Waals surface area contributed by atoms with Crippen LogP contribution in [0.15, 0.2) is 46.9 Å². The van der Waals surface area contributed by atoms with Crippen LogP contribution in [0, 0.1) is 12.7 Å². The van der Waals surface area contributed by atoms with Gasteiger partial charge in [-0.3, -0.25) is 4.79 Å². The molecule has 1 aromatic heterocycles. The number of anilines is 1. The SMILES string of the molecule is Cc1c(C(=O)NCCCc2ccc(N(C)C)cc2)oc2c(F)cccc12. The fourth-order valence-electron chi connectivity index (χ4n) is 2.96. The maximum absolute atomic E-state index is 13.8. The van der Waals surface area contributed by atoms with Crippen molar-refractivity contribution in [2.75, 3.05) is 25.5 Å². The minimum Gasteiger partial charge on any atom is -0.448 e. The van der Waals surface area contributed by atoms with Crippen molar-refractivity contribution in [2.24, 2.45) is 0 Å². The van der Waals surface area contributed by atoms with Gasteiger partial charge in [-0.1, -0.05) is 24.3 Å². The van der Waals surface area contributed by atoms with E-state index in [-0.39, 0.29) is 17.3 Å². The summed E-state index contributed by atoms with van der Waals surface area (Å²) in [5.74, 6) is -0.577. The standard InChI is InChI=1S/C21H23FN2O2/c1-14-17-7-4-8-18(22)20(17)26-19(14)21(25)23-13-5-6-15-9-11-16(12-10-15)24(2)3/h4,7-12H,5-6,13H2,1-3H3,(H,23,25). The average molecular weight is 354 g/mol. The van der Waals surface area contributed by atoms with E-state index in [1.165, 1.54) is 11.6 Å². The Hall–Kier alpha value is -2.82. The molecule has 0 aliphatic carbocycles. The zero-order valence-corrected chi connectivity index (χ0v) is 15.3. The van der Waals surface area contributed by atoms with Gasteiger partial charge in [0, 0.05) is 37.3 Å². The Kier molecular flexibility index (Phi) is 5.26. The van der Waals surface area contributed by atoms with Crippen molar-refractivity contribution in [3.63, 3.8) is 0 Å². The maximum atomic E-state index is 13.8. The number of para-hydroxylation sites is 1. The molecule has 0 unspecified atom stereocenters. The predicted octanol–water partition coefficient (Wildman–Crippen LogP) is 4.31. The summed E-state index contributed by atoms with van der Waals surface area (Å²) in [4.78, 5) is 14.4. The minimum absolute atomic E-state index is 0.135. The van der Waals surface area contributed by atoms with Crippen LogP contribution < -0.4 is 10.2 Å². The Bertz CT molecular complexity index is 914. The van der Waals surface area contributed by atoms with E-state index >= 15 is 0 Å². The number of aryl methyl sites for hydroxylation is 2. The Balaban J connectivity index is 1.56. The molecule has 1 heterocycles. The number of nitrogens with zero attached hydrogens (tertiary/aromatic N) is 1. The van der Waals surface area contributed by atoms with Crippen LogP contribution >= 0.6 is 0 Å². The summed E-state index contributed by atoms with van der Waals surface area (Å²) in [6.07, 6.45) is 1.70. The molecular weight excluding hydrogens is 331 g/mol. The third-order valence-electron chi connectivity index (χ3n) is 4.50. The Morgan fingerprint density at radius 1 is 1.15 bits per heavy atom. The molecule has 136 valence electrons. The molecule has 0 bridgehead atoms. The number of hydrogen-bond acceptors (Lipinski definition) is 3. The van der Waals surface area contributed by atoms with Gasteiger partial charge in [-0.2, -0.15) is 0 Å². The first-order chi connectivity index (χ1) is 12.5. The van der Waals surface area contributed by atoms with Gasteiger partial charge in [0.15, 0.2) is 17.2 Å². The highest BCUT2D eigenvalue weighted by Gasteiger charge is 2.18. The molecule has 0 spiro atoms. The molecule has 1 N–H and O–H groups in total. The minimum atomic E-state index is -0.453. The smallest absolute Gasteiger partial charge is 0.287 e. The lowest BCUT2D eigenvalue weighted by Crippen LogP contribution is -2.24. The van der Waals surface area contributed by atoms with Gasteiger partial charge >= 0.3 is 0 Å². The topological polar surface area (TPSA) is 45.5 Å². The zero-order chi connectivity index (χ0) is 18.7. The van der Waals surface area contributed by atoms with Gasteiger partial charge in [0.2, 0.25) is 0 Å². The molecule has 0 radical (unpaired) electrons. The molecule has 2 aromatic carbocycles. The largest absolute Gasteiger partial charge is 0.448 e. The number of halogens is 1. The van der Waals surface area contributed by atoms with Gasteiger partial charge in [0.05, 0.1) is 0 Å². The van der Waals surface area contributed by atoms with Gasteiger partial charge in [-0.05, 0) is 43.5 Å². The highest BCUT2D eigenvalue weighted by atomic mass is 19.1. The van der Waals surface area contributed by atoms with Crippen LogP contribution in [0.4, 0.5) is 10.1 Å². The molecule has 26 heavy (non-hydrogen) atoms. The van der Waals surface area contributed by atoms with Crippen LogP contribution in [-0.2, 0) is 6.42 Å². The van der Waals surface area contributed by atoms with Crippen LogP contribution in [-0.4, -0.2) is 26.5 Å². The van der Waals surface area contributed by atoms with E-state index in [4.69, 9.17) is 4.42 Å². The number of nitrogens with one attached hydrogen (secondary N) is 1. The van der Waals surface area contributed by atoms with Gasteiger partial charge in [0.1, 0.15) is 0 Å². The first-order valence-electron chi connectivity index (χ1n) is 8.69. The van der Waals surface area contributed by atoms with Crippen molar-refractivity contribution in [3.8, 4) is 0 Å². The third-order valence-corrected chi connectivity index (χ3v) is 4.50. The predicted molar refractivity (Wildman–Crippen MR) is 102 cm³/mol. The van der Waals surface area contributed by atoms with E-state index < -0.39 is 5.82 Å². The van der Waals surface area contributed by atoms with Gasteiger partial charge < -0.3 is 14.6 Å². The van der Waals surface area contributed by atoms with Crippen LogP contribution in [0.3, 0.4) is 0 Å². The number of carbonyl (C=O) groups is 1. The van der Waals surface area contributed by atoms with Gasteiger partial charge in [-0.15, -0.1) is 0 Å². The number of amides is 1. The second-order valence-electron chi connectivity index (χ2n) is 6.59. The normalized spacial score (nSPS) is 10.9. The number of furan rings is 1. The lowest BCUT2D eigenvalue weighted by molar-refractivity contribution is 0.0926. The van der Waals surface area contributed by atoms with Crippen LogP contribution in [0.2, 0.25) is 0 Å². The Morgan fingerprint density at radius 3 is 2.54 bits per heavy atom. The highest BCUT2D eigenvalue weighted by Crippen LogP contribution is 2.27. The van der Waals surface area contributed by atoms with E-state index in [1.54, 1.807) is 19.1 Å². The average Bonchev–Trinajstić information content (AvgIpc) is 2.97. The molecule has 0 saturated heterocycles. The van der Waals surface area contributed by atoms with Gasteiger partial charge in [-0.25, -0.2) is 4.39 Å². The number of benzene rings is 2. The van der Waals surface area contributed by atoms with Crippen molar-refractivity contribution in [3.05, 3.63) is 65.2 Å². The molecule has 0 fully saturated rings. The van der Waals surface area contributed by atoms with Crippen LogP contribution in [0.5, 0.6) is 0 Å². The summed E-state index contributed by atoms with van der Waals surface area (Å²) in [7, 11) is 4.02. The molecule has 0 saturated carbocycles. The number of hydrogen-bond donors (Lipinski definition) is 1. The molecule has 4 nitrogen and oxygen atoms in total. The Labute approximate surface area is 152 Å². The summed E-state index contributed by atoms with van der Waals surface area (Å²) in [5.41, 5.74) is 3.19. The van der Waals surface area contributed by atoms with E-state index in [1.807, 2.05) is 14.1 Å². The summed E-state index contributed by atoms with van der Waals surface area (Å²) >= 11 is 0. The zero-order valence-electron chi connectivity index (χ0n) is 15.3. The molecule has 0 aliphatic rings. The fraction of sp³-hybridized carbons (Fsp3) is 0.286. The third kappa shape index (κ3) is 3.72. The number of fused-ring (bicyclic) bond motifs is 1. The second-order valence-corrected chi connectivity index (χ2v) is 6.59. The quantitative estimate of drug-likeness (QED) is 0.671. The van der Waals surface area contributed by atoms with Crippen LogP contribution in [0.1, 0.15) is 28.1 Å². The molecule has 1 amide bonds. The van der Waals surface area contributed by atoms with Crippen molar-refractivity contribution in [2.45, 2.75) is 19.8 Å². The molecule has 0 aliphatic heterocycles. The van der Waals surface area contributed by atoms with Crippen molar-refractivity contribution in [1.82, 2.24) is 5.32 Å². The first-order valence-corrected chi connectivity index (χ1v) is 8.69. The van der Waals surface area contributed by atoms with E-state index in [9.17, 15) is 9.18 Å². The summed E-state index contributed by atoms with van der Waals surface area (Å²) in [5, 5.41) is 3.49. The summed E-state index contributed by atoms with van der Waals surface area (Å²) in [6, 6.07) is 13.1. The van der Waals surface area contributed by atoms with E-state index in [0.717, 1.165) is 18.5 Å². The molecular formula is C21H23FN2O2. The lowest BCUT2D eigenvalue weighted by atomic mass is 10.1. The molecule has 3 rings (SSSR count). The molecule has 5 heteroatoms. The fourth-order valence-corrected chi connectivity index (χ4v) is 2.96. The molecule has 3 aromatic rings. The first kappa shape index (κ1) is 18.0. The maximum Gasteiger partial charge on any atom is 0.287 e. The lowest BCUT2D eigenvalue weighted by Gasteiger charge is -2.12. The van der Waals surface area contributed by atoms with Gasteiger partial charge in [0.25, 0.3) is 5.91 Å². The highest BCUT2D eigenvalue weighted by molar-refractivity contribution is 5.98. The Morgan fingerprint density at radius 2 is 1.88 bits per heavy atom. The number of carbonyl (C=O) groups excluding carboxylic acids is 1. The van der Waals surface area contributed by atoms with E-state index in [0.29, 0.717) is 17.5 Å². The summed E-state index contributed by atoms with van der Waals surface area (Å²) in [6.45, 7) is 2.31. The second kappa shape index (κ2) is 7.60.